The predicted molar refractivity (Wildman–Crippen MR) is 112 cm³/mol. The van der Waals surface area contributed by atoms with Crippen LogP contribution in [0.5, 0.6) is 11.5 Å². The SMILES string of the molecule is COc1ccc(Cl)cc1C(=O)N1CCCN(C(=O)COc2ccc(Cl)cc2)CC1. The van der Waals surface area contributed by atoms with Crippen LogP contribution in [0.2, 0.25) is 10.0 Å². The minimum Gasteiger partial charge on any atom is -0.496 e. The number of carbonyl (C=O) groups excluding carboxylic acids is 2. The third kappa shape index (κ3) is 5.55. The zero-order chi connectivity index (χ0) is 20.8. The van der Waals surface area contributed by atoms with Gasteiger partial charge in [0.2, 0.25) is 0 Å². The van der Waals surface area contributed by atoms with E-state index in [0.29, 0.717) is 59.7 Å². The van der Waals surface area contributed by atoms with Gasteiger partial charge in [0.1, 0.15) is 11.5 Å². The van der Waals surface area contributed by atoms with Crippen LogP contribution in [0.3, 0.4) is 0 Å². The van der Waals surface area contributed by atoms with Crippen LogP contribution >= 0.6 is 23.2 Å². The van der Waals surface area contributed by atoms with Crippen molar-refractivity contribution in [2.24, 2.45) is 0 Å². The summed E-state index contributed by atoms with van der Waals surface area (Å²) in [5.41, 5.74) is 0.422. The van der Waals surface area contributed by atoms with Gasteiger partial charge in [-0.05, 0) is 48.9 Å². The van der Waals surface area contributed by atoms with Gasteiger partial charge in [0.25, 0.3) is 11.8 Å². The van der Waals surface area contributed by atoms with Gasteiger partial charge in [-0.15, -0.1) is 0 Å². The molecule has 2 aromatic rings. The molecule has 1 fully saturated rings. The van der Waals surface area contributed by atoms with Crippen LogP contribution in [0.4, 0.5) is 0 Å². The fourth-order valence-corrected chi connectivity index (χ4v) is 3.45. The smallest absolute Gasteiger partial charge is 0.260 e. The number of methoxy groups -OCH3 is 1. The molecule has 0 aromatic heterocycles. The number of hydrogen-bond acceptors (Lipinski definition) is 4. The Morgan fingerprint density at radius 3 is 2.31 bits per heavy atom. The largest absolute Gasteiger partial charge is 0.496 e. The molecular weight excluding hydrogens is 415 g/mol. The van der Waals surface area contributed by atoms with Crippen molar-refractivity contribution in [2.45, 2.75) is 6.42 Å². The van der Waals surface area contributed by atoms with Crippen LogP contribution < -0.4 is 9.47 Å². The van der Waals surface area contributed by atoms with E-state index in [1.165, 1.54) is 7.11 Å². The Labute approximate surface area is 179 Å². The van der Waals surface area contributed by atoms with E-state index in [0.717, 1.165) is 0 Å². The van der Waals surface area contributed by atoms with Gasteiger partial charge in [-0.1, -0.05) is 23.2 Å². The molecule has 3 rings (SSSR count). The topological polar surface area (TPSA) is 59.1 Å². The van der Waals surface area contributed by atoms with Crippen LogP contribution in [0.15, 0.2) is 42.5 Å². The van der Waals surface area contributed by atoms with Gasteiger partial charge in [-0.25, -0.2) is 0 Å². The average molecular weight is 437 g/mol. The third-order valence-corrected chi connectivity index (χ3v) is 5.19. The summed E-state index contributed by atoms with van der Waals surface area (Å²) in [6, 6.07) is 11.8. The summed E-state index contributed by atoms with van der Waals surface area (Å²) in [4.78, 5) is 28.9. The lowest BCUT2D eigenvalue weighted by Gasteiger charge is -2.23. The second kappa shape index (κ2) is 9.85. The molecule has 8 heteroatoms. The van der Waals surface area contributed by atoms with Crippen molar-refractivity contribution >= 4 is 35.0 Å². The van der Waals surface area contributed by atoms with Gasteiger partial charge in [0.05, 0.1) is 12.7 Å². The van der Waals surface area contributed by atoms with Crippen molar-refractivity contribution < 1.29 is 19.1 Å². The number of amides is 2. The normalized spacial score (nSPS) is 14.3. The number of nitrogens with zero attached hydrogens (tertiary/aromatic N) is 2. The number of carbonyl (C=O) groups is 2. The van der Waals surface area contributed by atoms with E-state index < -0.39 is 0 Å². The van der Waals surface area contributed by atoms with Crippen molar-refractivity contribution in [3.8, 4) is 11.5 Å². The first-order valence-corrected chi connectivity index (χ1v) is 10.0. The van der Waals surface area contributed by atoms with E-state index in [1.54, 1.807) is 52.3 Å². The van der Waals surface area contributed by atoms with Gasteiger partial charge >= 0.3 is 0 Å². The van der Waals surface area contributed by atoms with E-state index >= 15 is 0 Å². The lowest BCUT2D eigenvalue weighted by molar-refractivity contribution is -0.133. The summed E-state index contributed by atoms with van der Waals surface area (Å²) in [5, 5.41) is 1.08. The average Bonchev–Trinajstić information content (AvgIpc) is 2.99. The summed E-state index contributed by atoms with van der Waals surface area (Å²) in [5.74, 6) is 0.793. The quantitative estimate of drug-likeness (QED) is 0.715. The zero-order valence-corrected chi connectivity index (χ0v) is 17.6. The van der Waals surface area contributed by atoms with Crippen LogP contribution in [-0.2, 0) is 4.79 Å². The summed E-state index contributed by atoms with van der Waals surface area (Å²) in [6.07, 6.45) is 0.682. The maximum absolute atomic E-state index is 12.9. The molecule has 0 N–H and O–H groups in total. The summed E-state index contributed by atoms with van der Waals surface area (Å²) >= 11 is 11.9. The standard InChI is InChI=1S/C21H22Cl2N2O4/c1-28-19-8-5-16(23)13-18(19)21(27)25-10-2-9-24(11-12-25)20(26)14-29-17-6-3-15(22)4-7-17/h3-8,13H,2,9-12,14H2,1H3. The molecule has 0 bridgehead atoms. The molecule has 154 valence electrons. The molecule has 0 unspecified atom stereocenters. The van der Waals surface area contributed by atoms with Gasteiger partial charge in [0.15, 0.2) is 6.61 Å². The third-order valence-electron chi connectivity index (χ3n) is 4.70. The maximum Gasteiger partial charge on any atom is 0.260 e. The van der Waals surface area contributed by atoms with Crippen molar-refractivity contribution in [2.75, 3.05) is 39.9 Å². The van der Waals surface area contributed by atoms with E-state index in [9.17, 15) is 9.59 Å². The van der Waals surface area contributed by atoms with E-state index in [2.05, 4.69) is 0 Å². The minimum absolute atomic E-state index is 0.0578. The molecule has 1 heterocycles. The molecule has 6 nitrogen and oxygen atoms in total. The van der Waals surface area contributed by atoms with Crippen molar-refractivity contribution in [1.82, 2.24) is 9.80 Å². The summed E-state index contributed by atoms with van der Waals surface area (Å²) < 4.78 is 10.8. The molecule has 1 aliphatic rings. The Hall–Kier alpha value is -2.44. The first-order chi connectivity index (χ1) is 14.0. The first-order valence-electron chi connectivity index (χ1n) is 9.27. The van der Waals surface area contributed by atoms with Gasteiger partial charge < -0.3 is 19.3 Å². The molecule has 0 saturated carbocycles. The fourth-order valence-electron chi connectivity index (χ4n) is 3.15. The van der Waals surface area contributed by atoms with Crippen LogP contribution in [-0.4, -0.2) is 61.5 Å². The highest BCUT2D eigenvalue weighted by molar-refractivity contribution is 6.31. The fraction of sp³-hybridized carbons (Fsp3) is 0.333. The minimum atomic E-state index is -0.156. The molecule has 2 amide bonds. The van der Waals surface area contributed by atoms with Crippen LogP contribution in [0, 0.1) is 0 Å². The van der Waals surface area contributed by atoms with Gasteiger partial charge in [0, 0.05) is 36.2 Å². The van der Waals surface area contributed by atoms with Gasteiger partial charge in [-0.3, -0.25) is 9.59 Å². The second-order valence-electron chi connectivity index (χ2n) is 6.61. The van der Waals surface area contributed by atoms with E-state index in [4.69, 9.17) is 32.7 Å². The molecule has 0 aliphatic carbocycles. The molecule has 0 spiro atoms. The Bertz CT molecular complexity index is 873. The zero-order valence-electron chi connectivity index (χ0n) is 16.1. The molecule has 1 saturated heterocycles. The highest BCUT2D eigenvalue weighted by atomic mass is 35.5. The number of hydrogen-bond donors (Lipinski definition) is 0. The monoisotopic (exact) mass is 436 g/mol. The Kier molecular flexibility index (Phi) is 7.23. The molecular formula is C21H22Cl2N2O4. The number of halogens is 2. The Balaban J connectivity index is 1.58. The molecule has 1 aliphatic heterocycles. The lowest BCUT2D eigenvalue weighted by Crippen LogP contribution is -2.39. The highest BCUT2D eigenvalue weighted by Crippen LogP contribution is 2.24. The predicted octanol–water partition coefficient (Wildman–Crippen LogP) is 3.76. The van der Waals surface area contributed by atoms with Gasteiger partial charge in [-0.2, -0.15) is 0 Å². The number of ether oxygens (including phenoxy) is 2. The van der Waals surface area contributed by atoms with Crippen molar-refractivity contribution in [3.63, 3.8) is 0 Å². The maximum atomic E-state index is 12.9. The number of benzene rings is 2. The number of rotatable bonds is 5. The molecule has 29 heavy (non-hydrogen) atoms. The first kappa shape index (κ1) is 21.3. The van der Waals surface area contributed by atoms with E-state index in [-0.39, 0.29) is 18.4 Å². The Morgan fingerprint density at radius 1 is 0.931 bits per heavy atom. The molecule has 0 atom stereocenters. The Morgan fingerprint density at radius 2 is 1.59 bits per heavy atom. The van der Waals surface area contributed by atoms with Crippen molar-refractivity contribution in [3.05, 3.63) is 58.1 Å². The highest BCUT2D eigenvalue weighted by Gasteiger charge is 2.25. The lowest BCUT2D eigenvalue weighted by atomic mass is 10.1. The van der Waals surface area contributed by atoms with E-state index in [1.807, 2.05) is 0 Å². The summed E-state index contributed by atoms with van der Waals surface area (Å²) in [6.45, 7) is 1.94. The summed E-state index contributed by atoms with van der Waals surface area (Å²) in [7, 11) is 1.52. The van der Waals surface area contributed by atoms with Crippen LogP contribution in [0.25, 0.3) is 0 Å². The second-order valence-corrected chi connectivity index (χ2v) is 7.49. The van der Waals surface area contributed by atoms with Crippen LogP contribution in [0.1, 0.15) is 16.8 Å². The molecule has 2 aromatic carbocycles. The molecule has 0 radical (unpaired) electrons. The van der Waals surface area contributed by atoms with Crippen molar-refractivity contribution in [1.29, 1.82) is 0 Å².